The number of esters is 1. The van der Waals surface area contributed by atoms with Gasteiger partial charge in [-0.3, -0.25) is 4.79 Å². The van der Waals surface area contributed by atoms with Crippen LogP contribution < -0.4 is 10.5 Å². The molecule has 0 aliphatic carbocycles. The Bertz CT molecular complexity index is 438. The molecule has 4 nitrogen and oxygen atoms in total. The summed E-state index contributed by atoms with van der Waals surface area (Å²) in [4.78, 5) is 11.2. The van der Waals surface area contributed by atoms with Gasteiger partial charge in [-0.1, -0.05) is 0 Å². The third kappa shape index (κ3) is 3.54. The first-order valence-corrected chi connectivity index (χ1v) is 5.13. The van der Waals surface area contributed by atoms with E-state index < -0.39 is 30.6 Å². The van der Waals surface area contributed by atoms with Crippen molar-refractivity contribution in [1.29, 1.82) is 0 Å². The molecule has 2 N–H and O–H groups in total. The quantitative estimate of drug-likeness (QED) is 0.653. The van der Waals surface area contributed by atoms with Crippen LogP contribution in [0.2, 0.25) is 0 Å². The first kappa shape index (κ1) is 14.1. The van der Waals surface area contributed by atoms with Crippen molar-refractivity contribution in [2.45, 2.75) is 20.0 Å². The number of ether oxygens (including phenoxy) is 2. The molecule has 100 valence electrons. The van der Waals surface area contributed by atoms with Gasteiger partial charge in [-0.25, -0.2) is 4.39 Å². The van der Waals surface area contributed by atoms with Crippen molar-refractivity contribution in [3.63, 3.8) is 0 Å². The Morgan fingerprint density at radius 1 is 1.44 bits per heavy atom. The van der Waals surface area contributed by atoms with E-state index in [9.17, 15) is 18.0 Å². The van der Waals surface area contributed by atoms with E-state index in [4.69, 9.17) is 5.73 Å². The Kier molecular flexibility index (Phi) is 4.82. The van der Waals surface area contributed by atoms with Gasteiger partial charge in [0.15, 0.2) is 11.6 Å². The second-order valence-corrected chi connectivity index (χ2v) is 3.31. The summed E-state index contributed by atoms with van der Waals surface area (Å²) in [6, 6.07) is 2.17. The predicted molar refractivity (Wildman–Crippen MR) is 57.8 cm³/mol. The number of nitrogen functional groups attached to an aromatic ring is 1. The average molecular weight is 263 g/mol. The fraction of sp³-hybridized carbons (Fsp3) is 0.364. The third-order valence-corrected chi connectivity index (χ3v) is 2.09. The highest BCUT2D eigenvalue weighted by Crippen LogP contribution is 2.27. The molecule has 0 atom stereocenters. The number of anilines is 1. The summed E-state index contributed by atoms with van der Waals surface area (Å²) in [5.41, 5.74) is 5.23. The van der Waals surface area contributed by atoms with E-state index in [1.54, 1.807) is 6.92 Å². The Hall–Kier alpha value is -1.92. The zero-order valence-corrected chi connectivity index (χ0v) is 9.58. The Labute approximate surface area is 101 Å². The molecule has 0 spiro atoms. The molecule has 0 saturated heterocycles. The summed E-state index contributed by atoms with van der Waals surface area (Å²) < 4.78 is 46.3. The molecular weight excluding hydrogens is 251 g/mol. The average Bonchev–Trinajstić information content (AvgIpc) is 2.28. The van der Waals surface area contributed by atoms with E-state index in [0.717, 1.165) is 6.07 Å². The lowest BCUT2D eigenvalue weighted by Crippen LogP contribution is -2.12. The first-order valence-electron chi connectivity index (χ1n) is 5.13. The number of carbonyl (C=O) groups excluding carboxylic acids is 1. The van der Waals surface area contributed by atoms with Gasteiger partial charge in [0.2, 0.25) is 0 Å². The van der Waals surface area contributed by atoms with Crippen molar-refractivity contribution < 1.29 is 27.4 Å². The summed E-state index contributed by atoms with van der Waals surface area (Å²) in [6.45, 7) is -1.43. The lowest BCUT2D eigenvalue weighted by Gasteiger charge is -2.11. The second-order valence-electron chi connectivity index (χ2n) is 3.31. The maximum Gasteiger partial charge on any atom is 0.387 e. The molecule has 0 heterocycles. The second kappa shape index (κ2) is 6.13. The fourth-order valence-electron chi connectivity index (χ4n) is 1.34. The number of carbonyl (C=O) groups is 1. The molecule has 0 radical (unpaired) electrons. The van der Waals surface area contributed by atoms with Crippen LogP contribution in [-0.2, 0) is 16.0 Å². The number of hydrogen-bond acceptors (Lipinski definition) is 4. The van der Waals surface area contributed by atoms with Crippen molar-refractivity contribution >= 4 is 11.7 Å². The molecule has 0 aliphatic rings. The van der Waals surface area contributed by atoms with Crippen LogP contribution in [0.5, 0.6) is 5.75 Å². The van der Waals surface area contributed by atoms with Crippen molar-refractivity contribution in [3.05, 3.63) is 23.5 Å². The van der Waals surface area contributed by atoms with E-state index in [0.29, 0.717) is 0 Å². The van der Waals surface area contributed by atoms with Crippen LogP contribution in [0, 0.1) is 5.82 Å². The van der Waals surface area contributed by atoms with E-state index in [1.165, 1.54) is 6.07 Å². The summed E-state index contributed by atoms with van der Waals surface area (Å²) in [5, 5.41) is 0. The van der Waals surface area contributed by atoms with Crippen molar-refractivity contribution in [3.8, 4) is 5.75 Å². The zero-order chi connectivity index (χ0) is 13.7. The molecule has 0 bridgehead atoms. The minimum Gasteiger partial charge on any atom is -0.466 e. The van der Waals surface area contributed by atoms with Crippen molar-refractivity contribution in [2.24, 2.45) is 0 Å². The highest BCUT2D eigenvalue weighted by molar-refractivity contribution is 5.75. The maximum absolute atomic E-state index is 13.7. The van der Waals surface area contributed by atoms with E-state index in [-0.39, 0.29) is 17.9 Å². The van der Waals surface area contributed by atoms with Crippen LogP contribution in [0.4, 0.5) is 18.9 Å². The van der Waals surface area contributed by atoms with Crippen LogP contribution in [0.25, 0.3) is 0 Å². The molecule has 7 heteroatoms. The molecule has 0 unspecified atom stereocenters. The number of benzene rings is 1. The van der Waals surface area contributed by atoms with Gasteiger partial charge in [-0.05, 0) is 19.1 Å². The molecule has 0 aliphatic heterocycles. The topological polar surface area (TPSA) is 61.5 Å². The number of rotatable bonds is 5. The smallest absolute Gasteiger partial charge is 0.387 e. The fourth-order valence-corrected chi connectivity index (χ4v) is 1.34. The van der Waals surface area contributed by atoms with Crippen molar-refractivity contribution in [2.75, 3.05) is 12.3 Å². The van der Waals surface area contributed by atoms with Crippen LogP contribution in [0.15, 0.2) is 12.1 Å². The Morgan fingerprint density at radius 3 is 2.67 bits per heavy atom. The normalized spacial score (nSPS) is 10.5. The molecule has 1 aromatic rings. The highest BCUT2D eigenvalue weighted by atomic mass is 19.3. The molecular formula is C11H12F3NO3. The molecule has 18 heavy (non-hydrogen) atoms. The van der Waals surface area contributed by atoms with Gasteiger partial charge in [0.25, 0.3) is 0 Å². The lowest BCUT2D eigenvalue weighted by molar-refractivity contribution is -0.142. The monoisotopic (exact) mass is 263 g/mol. The predicted octanol–water partition coefficient (Wildman–Crippen LogP) is 2.11. The van der Waals surface area contributed by atoms with Gasteiger partial charge in [0.05, 0.1) is 13.0 Å². The molecule has 1 rings (SSSR count). The summed E-state index contributed by atoms with van der Waals surface area (Å²) in [5.74, 6) is -2.43. The number of halogens is 3. The van der Waals surface area contributed by atoms with Gasteiger partial charge in [-0.2, -0.15) is 8.78 Å². The number of hydrogen-bond donors (Lipinski definition) is 1. The summed E-state index contributed by atoms with van der Waals surface area (Å²) >= 11 is 0. The SMILES string of the molecule is CCOC(=O)Cc1c(N)ccc(OC(F)F)c1F. The largest absolute Gasteiger partial charge is 0.466 e. The standard InChI is InChI=1S/C11H12F3NO3/c1-2-17-9(16)5-6-7(15)3-4-8(10(6)12)18-11(13)14/h3-4,11H,2,5,15H2,1H3. The maximum atomic E-state index is 13.7. The minimum absolute atomic E-state index is 0.0258. The Balaban J connectivity index is 2.99. The first-order chi connectivity index (χ1) is 8.45. The van der Waals surface area contributed by atoms with Crippen LogP contribution in [0.3, 0.4) is 0 Å². The molecule has 0 amide bonds. The van der Waals surface area contributed by atoms with Gasteiger partial charge < -0.3 is 15.2 Å². The number of alkyl halides is 2. The van der Waals surface area contributed by atoms with E-state index in [2.05, 4.69) is 9.47 Å². The lowest BCUT2D eigenvalue weighted by atomic mass is 10.1. The summed E-state index contributed by atoms with van der Waals surface area (Å²) in [6.07, 6.45) is -0.439. The van der Waals surface area contributed by atoms with Crippen LogP contribution in [-0.4, -0.2) is 19.2 Å². The Morgan fingerprint density at radius 2 is 2.11 bits per heavy atom. The van der Waals surface area contributed by atoms with Gasteiger partial charge >= 0.3 is 12.6 Å². The van der Waals surface area contributed by atoms with Gasteiger partial charge in [0.1, 0.15) is 0 Å². The van der Waals surface area contributed by atoms with Gasteiger partial charge in [0, 0.05) is 11.3 Å². The van der Waals surface area contributed by atoms with Crippen molar-refractivity contribution in [1.82, 2.24) is 0 Å². The third-order valence-electron chi connectivity index (χ3n) is 2.09. The molecule has 0 aromatic heterocycles. The number of nitrogens with two attached hydrogens (primary N) is 1. The highest BCUT2D eigenvalue weighted by Gasteiger charge is 2.18. The van der Waals surface area contributed by atoms with Gasteiger partial charge in [-0.15, -0.1) is 0 Å². The zero-order valence-electron chi connectivity index (χ0n) is 9.58. The molecule has 0 fully saturated rings. The van der Waals surface area contributed by atoms with Crippen LogP contribution in [0.1, 0.15) is 12.5 Å². The minimum atomic E-state index is -3.15. The van der Waals surface area contributed by atoms with Crippen LogP contribution >= 0.6 is 0 Å². The van der Waals surface area contributed by atoms with E-state index in [1.807, 2.05) is 0 Å². The molecule has 1 aromatic carbocycles. The molecule has 0 saturated carbocycles. The summed E-state index contributed by atoms with van der Waals surface area (Å²) in [7, 11) is 0. The van der Waals surface area contributed by atoms with E-state index >= 15 is 0 Å².